The van der Waals surface area contributed by atoms with E-state index in [4.69, 9.17) is 5.11 Å². The van der Waals surface area contributed by atoms with Gasteiger partial charge in [-0.3, -0.25) is 4.79 Å². The van der Waals surface area contributed by atoms with Crippen LogP contribution < -0.4 is 5.32 Å². The van der Waals surface area contributed by atoms with E-state index in [1.165, 1.54) is 24.3 Å². The third kappa shape index (κ3) is 3.25. The number of hydrogen-bond donors (Lipinski definition) is 2. The van der Waals surface area contributed by atoms with E-state index in [-0.39, 0.29) is 11.3 Å². The molecule has 0 unspecified atom stereocenters. The molecule has 2 aromatic rings. The van der Waals surface area contributed by atoms with Crippen LogP contribution in [-0.4, -0.2) is 17.0 Å². The largest absolute Gasteiger partial charge is 0.478 e. The fraction of sp³-hybridized carbons (Fsp3) is 0. The van der Waals surface area contributed by atoms with E-state index in [9.17, 15) is 18.4 Å². The first-order chi connectivity index (χ1) is 9.90. The molecule has 0 aliphatic rings. The number of carboxylic acids is 1. The third-order valence-corrected chi connectivity index (χ3v) is 3.15. The van der Waals surface area contributed by atoms with E-state index >= 15 is 0 Å². The summed E-state index contributed by atoms with van der Waals surface area (Å²) in [5.74, 6) is -4.64. The van der Waals surface area contributed by atoms with E-state index in [0.29, 0.717) is 4.47 Å². The number of hydrogen-bond acceptors (Lipinski definition) is 2. The fourth-order valence-corrected chi connectivity index (χ4v) is 2.04. The van der Waals surface area contributed by atoms with Crippen LogP contribution in [0.25, 0.3) is 0 Å². The second kappa shape index (κ2) is 6.01. The highest BCUT2D eigenvalue weighted by Crippen LogP contribution is 2.23. The van der Waals surface area contributed by atoms with Crippen LogP contribution in [0, 0.1) is 11.6 Å². The van der Waals surface area contributed by atoms with Crippen molar-refractivity contribution in [2.24, 2.45) is 0 Å². The van der Waals surface area contributed by atoms with E-state index in [0.717, 1.165) is 12.1 Å². The molecule has 7 heteroatoms. The van der Waals surface area contributed by atoms with Gasteiger partial charge in [0.25, 0.3) is 5.91 Å². The molecule has 0 spiro atoms. The van der Waals surface area contributed by atoms with Gasteiger partial charge >= 0.3 is 5.97 Å². The summed E-state index contributed by atoms with van der Waals surface area (Å²) in [6, 6.07) is 7.30. The lowest BCUT2D eigenvalue weighted by Crippen LogP contribution is -2.16. The monoisotopic (exact) mass is 355 g/mol. The SMILES string of the molecule is O=C(O)c1ccc(Br)cc1NC(=O)c1cccc(F)c1F. The molecule has 0 heterocycles. The number of carboxylic acid groups (broad SMARTS) is 1. The minimum Gasteiger partial charge on any atom is -0.478 e. The Labute approximate surface area is 126 Å². The number of halogens is 3. The van der Waals surface area contributed by atoms with Gasteiger partial charge < -0.3 is 10.4 Å². The Balaban J connectivity index is 2.38. The molecule has 0 saturated heterocycles. The zero-order valence-electron chi connectivity index (χ0n) is 10.4. The molecule has 4 nitrogen and oxygen atoms in total. The van der Waals surface area contributed by atoms with Crippen molar-refractivity contribution >= 4 is 33.5 Å². The summed E-state index contributed by atoms with van der Waals surface area (Å²) in [6.07, 6.45) is 0. The summed E-state index contributed by atoms with van der Waals surface area (Å²) < 4.78 is 27.2. The molecule has 0 atom stereocenters. The Morgan fingerprint density at radius 3 is 2.48 bits per heavy atom. The van der Waals surface area contributed by atoms with Gasteiger partial charge in [-0.1, -0.05) is 22.0 Å². The molecule has 2 rings (SSSR count). The van der Waals surface area contributed by atoms with Crippen LogP contribution >= 0.6 is 15.9 Å². The van der Waals surface area contributed by atoms with Gasteiger partial charge in [0.1, 0.15) is 0 Å². The normalized spacial score (nSPS) is 10.2. The predicted molar refractivity (Wildman–Crippen MR) is 75.4 cm³/mol. The van der Waals surface area contributed by atoms with Crippen LogP contribution in [0.5, 0.6) is 0 Å². The summed E-state index contributed by atoms with van der Waals surface area (Å²) in [5, 5.41) is 11.3. The van der Waals surface area contributed by atoms with Crippen molar-refractivity contribution in [2.75, 3.05) is 5.32 Å². The second-order valence-electron chi connectivity index (χ2n) is 4.05. The zero-order valence-corrected chi connectivity index (χ0v) is 11.9. The van der Waals surface area contributed by atoms with E-state index < -0.39 is 29.1 Å². The van der Waals surface area contributed by atoms with Crippen LogP contribution in [0.3, 0.4) is 0 Å². The predicted octanol–water partition coefficient (Wildman–Crippen LogP) is 3.68. The Morgan fingerprint density at radius 1 is 1.10 bits per heavy atom. The zero-order chi connectivity index (χ0) is 15.6. The standard InChI is InChI=1S/C14H8BrF2NO3/c15-7-4-5-8(14(20)21)11(6-7)18-13(19)9-2-1-3-10(16)12(9)17/h1-6H,(H,18,19)(H,20,21). The quantitative estimate of drug-likeness (QED) is 0.882. The van der Waals surface area contributed by atoms with Gasteiger partial charge in [-0.2, -0.15) is 0 Å². The summed E-state index contributed by atoms with van der Waals surface area (Å²) >= 11 is 3.14. The number of rotatable bonds is 3. The van der Waals surface area contributed by atoms with E-state index in [1.807, 2.05) is 0 Å². The molecule has 0 saturated carbocycles. The van der Waals surface area contributed by atoms with Crippen molar-refractivity contribution in [3.63, 3.8) is 0 Å². The summed E-state index contributed by atoms with van der Waals surface area (Å²) in [4.78, 5) is 23.0. The Hall–Kier alpha value is -2.28. The number of amides is 1. The van der Waals surface area contributed by atoms with Gasteiger partial charge in [-0.05, 0) is 30.3 Å². The minimum absolute atomic E-state index is 0.0227. The molecular formula is C14H8BrF2NO3. The highest BCUT2D eigenvalue weighted by Gasteiger charge is 2.18. The van der Waals surface area contributed by atoms with Crippen LogP contribution in [0.4, 0.5) is 14.5 Å². The van der Waals surface area contributed by atoms with Gasteiger partial charge in [0.15, 0.2) is 11.6 Å². The molecule has 108 valence electrons. The Morgan fingerprint density at radius 2 is 1.81 bits per heavy atom. The van der Waals surface area contributed by atoms with Gasteiger partial charge in [-0.15, -0.1) is 0 Å². The highest BCUT2D eigenvalue weighted by atomic mass is 79.9. The molecule has 0 aliphatic carbocycles. The van der Waals surface area contributed by atoms with Gasteiger partial charge in [-0.25, -0.2) is 13.6 Å². The first-order valence-corrected chi connectivity index (χ1v) is 6.47. The molecule has 21 heavy (non-hydrogen) atoms. The number of nitrogens with one attached hydrogen (secondary N) is 1. The summed E-state index contributed by atoms with van der Waals surface area (Å²) in [7, 11) is 0. The molecule has 0 fully saturated rings. The molecule has 0 bridgehead atoms. The topological polar surface area (TPSA) is 66.4 Å². The first kappa shape index (κ1) is 15.1. The van der Waals surface area contributed by atoms with Crippen molar-refractivity contribution in [1.82, 2.24) is 0 Å². The molecule has 0 aromatic heterocycles. The lowest BCUT2D eigenvalue weighted by Gasteiger charge is -2.09. The van der Waals surface area contributed by atoms with Crippen molar-refractivity contribution in [1.29, 1.82) is 0 Å². The lowest BCUT2D eigenvalue weighted by atomic mass is 10.1. The van der Waals surface area contributed by atoms with Crippen LogP contribution in [0.15, 0.2) is 40.9 Å². The Bertz CT molecular complexity index is 734. The maximum Gasteiger partial charge on any atom is 0.337 e. The van der Waals surface area contributed by atoms with Gasteiger partial charge in [0.05, 0.1) is 16.8 Å². The van der Waals surface area contributed by atoms with Crippen molar-refractivity contribution in [2.45, 2.75) is 0 Å². The molecule has 1 amide bonds. The van der Waals surface area contributed by atoms with Crippen LogP contribution in [0.1, 0.15) is 20.7 Å². The second-order valence-corrected chi connectivity index (χ2v) is 4.97. The smallest absolute Gasteiger partial charge is 0.337 e. The number of carbonyl (C=O) groups is 2. The minimum atomic E-state index is -1.29. The van der Waals surface area contributed by atoms with E-state index in [1.54, 1.807) is 0 Å². The first-order valence-electron chi connectivity index (χ1n) is 5.68. The van der Waals surface area contributed by atoms with Crippen LogP contribution in [0.2, 0.25) is 0 Å². The molecule has 2 N–H and O–H groups in total. The average molecular weight is 356 g/mol. The molecular weight excluding hydrogens is 348 g/mol. The van der Waals surface area contributed by atoms with Crippen molar-refractivity contribution in [3.8, 4) is 0 Å². The van der Waals surface area contributed by atoms with E-state index in [2.05, 4.69) is 21.2 Å². The van der Waals surface area contributed by atoms with Crippen LogP contribution in [-0.2, 0) is 0 Å². The maximum absolute atomic E-state index is 13.5. The highest BCUT2D eigenvalue weighted by molar-refractivity contribution is 9.10. The number of anilines is 1. The van der Waals surface area contributed by atoms with Crippen molar-refractivity contribution in [3.05, 3.63) is 63.6 Å². The number of carbonyl (C=O) groups excluding carboxylic acids is 1. The average Bonchev–Trinajstić information content (AvgIpc) is 2.41. The molecule has 0 aliphatic heterocycles. The van der Waals surface area contributed by atoms with Gasteiger partial charge in [0, 0.05) is 4.47 Å². The molecule has 2 aromatic carbocycles. The maximum atomic E-state index is 13.5. The number of aromatic carboxylic acids is 1. The third-order valence-electron chi connectivity index (χ3n) is 2.66. The van der Waals surface area contributed by atoms with Crippen molar-refractivity contribution < 1.29 is 23.5 Å². The number of benzene rings is 2. The lowest BCUT2D eigenvalue weighted by molar-refractivity contribution is 0.0698. The Kier molecular flexibility index (Phi) is 4.32. The van der Waals surface area contributed by atoms with Gasteiger partial charge in [0.2, 0.25) is 0 Å². The summed E-state index contributed by atoms with van der Waals surface area (Å²) in [5.41, 5.74) is -0.694. The molecule has 0 radical (unpaired) electrons. The fourth-order valence-electron chi connectivity index (χ4n) is 1.68. The summed E-state index contributed by atoms with van der Waals surface area (Å²) in [6.45, 7) is 0.